The molecule has 1 heterocycles. The molecule has 0 bridgehead atoms. The largest absolute Gasteiger partial charge is 0.490 e. The fourth-order valence-corrected chi connectivity index (χ4v) is 4.44. The van der Waals surface area contributed by atoms with Crippen LogP contribution in [0.1, 0.15) is 57.6 Å². The van der Waals surface area contributed by atoms with E-state index >= 15 is 0 Å². The van der Waals surface area contributed by atoms with Crippen LogP contribution in [0.3, 0.4) is 0 Å². The number of fused-ring (bicyclic) bond motifs is 1. The van der Waals surface area contributed by atoms with Crippen LogP contribution in [0.4, 0.5) is 0 Å². The first kappa shape index (κ1) is 17.6. The van der Waals surface area contributed by atoms with Gasteiger partial charge in [-0.3, -0.25) is 0 Å². The summed E-state index contributed by atoms with van der Waals surface area (Å²) in [4.78, 5) is 0. The van der Waals surface area contributed by atoms with Gasteiger partial charge in [0.15, 0.2) is 0 Å². The van der Waals surface area contributed by atoms with E-state index in [1.807, 2.05) is 0 Å². The molecule has 4 rings (SSSR count). The quantitative estimate of drug-likeness (QED) is 0.740. The molecule has 1 aliphatic heterocycles. The highest BCUT2D eigenvalue weighted by Gasteiger charge is 2.30. The normalized spacial score (nSPS) is 22.9. The molecule has 0 spiro atoms. The van der Waals surface area contributed by atoms with Crippen molar-refractivity contribution >= 4 is 0 Å². The van der Waals surface area contributed by atoms with Crippen molar-refractivity contribution in [3.8, 4) is 16.9 Å². The first-order valence-electron chi connectivity index (χ1n) is 10.1. The van der Waals surface area contributed by atoms with Crippen molar-refractivity contribution in [2.75, 3.05) is 0 Å². The van der Waals surface area contributed by atoms with E-state index in [4.69, 9.17) is 4.74 Å². The summed E-state index contributed by atoms with van der Waals surface area (Å²) in [5, 5.41) is 3.41. The van der Waals surface area contributed by atoms with Crippen molar-refractivity contribution in [1.82, 2.24) is 5.32 Å². The molecular formula is C24H31NO. The van der Waals surface area contributed by atoms with Crippen molar-refractivity contribution in [2.24, 2.45) is 11.3 Å². The van der Waals surface area contributed by atoms with Gasteiger partial charge in [-0.15, -0.1) is 0 Å². The van der Waals surface area contributed by atoms with Gasteiger partial charge in [-0.25, -0.2) is 0 Å². The van der Waals surface area contributed by atoms with Gasteiger partial charge in [0.25, 0.3) is 0 Å². The van der Waals surface area contributed by atoms with Crippen molar-refractivity contribution in [3.63, 3.8) is 0 Å². The maximum absolute atomic E-state index is 6.27. The van der Waals surface area contributed by atoms with Crippen molar-refractivity contribution in [2.45, 2.75) is 65.6 Å². The maximum Gasteiger partial charge on any atom is 0.119 e. The van der Waals surface area contributed by atoms with Crippen molar-refractivity contribution in [3.05, 3.63) is 53.6 Å². The van der Waals surface area contributed by atoms with Crippen LogP contribution < -0.4 is 10.1 Å². The molecule has 26 heavy (non-hydrogen) atoms. The summed E-state index contributed by atoms with van der Waals surface area (Å²) >= 11 is 0. The average Bonchev–Trinajstić information content (AvgIpc) is 3.10. The van der Waals surface area contributed by atoms with Crippen LogP contribution in [0.5, 0.6) is 5.75 Å². The molecule has 1 fully saturated rings. The average molecular weight is 350 g/mol. The Morgan fingerprint density at radius 3 is 2.15 bits per heavy atom. The number of nitrogens with one attached hydrogen (secondary N) is 1. The summed E-state index contributed by atoms with van der Waals surface area (Å²) in [6, 6.07) is 15.5. The SMILES string of the molecule is CC(C)(C)[C@H]1CC[C@H](Oc2ccc(-c3ccc4c(c3)CNC4)cc2)CC1. The van der Waals surface area contributed by atoms with Crippen LogP contribution in [0.15, 0.2) is 42.5 Å². The molecule has 1 saturated carbocycles. The highest BCUT2D eigenvalue weighted by molar-refractivity contribution is 5.66. The van der Waals surface area contributed by atoms with E-state index in [1.54, 1.807) is 0 Å². The lowest BCUT2D eigenvalue weighted by molar-refractivity contribution is 0.0882. The number of ether oxygens (including phenoxy) is 1. The van der Waals surface area contributed by atoms with Crippen LogP contribution >= 0.6 is 0 Å². The highest BCUT2D eigenvalue weighted by Crippen LogP contribution is 2.39. The van der Waals surface area contributed by atoms with E-state index in [-0.39, 0.29) is 0 Å². The first-order valence-corrected chi connectivity index (χ1v) is 10.1. The summed E-state index contributed by atoms with van der Waals surface area (Å²) in [6.07, 6.45) is 5.32. The van der Waals surface area contributed by atoms with Gasteiger partial charge in [0.1, 0.15) is 5.75 Å². The number of rotatable bonds is 3. The molecule has 138 valence electrons. The van der Waals surface area contributed by atoms with Crippen LogP contribution in [0.25, 0.3) is 11.1 Å². The monoisotopic (exact) mass is 349 g/mol. The third-order valence-electron chi connectivity index (χ3n) is 6.23. The fourth-order valence-electron chi connectivity index (χ4n) is 4.44. The summed E-state index contributed by atoms with van der Waals surface area (Å²) in [5.74, 6) is 1.84. The van der Waals surface area contributed by atoms with Crippen molar-refractivity contribution in [1.29, 1.82) is 0 Å². The molecule has 0 radical (unpaired) electrons. The molecule has 0 atom stereocenters. The van der Waals surface area contributed by atoms with Gasteiger partial charge < -0.3 is 10.1 Å². The Kier molecular flexibility index (Phi) is 4.79. The molecular weight excluding hydrogens is 318 g/mol. The van der Waals surface area contributed by atoms with E-state index in [2.05, 4.69) is 68.6 Å². The molecule has 0 saturated heterocycles. The smallest absolute Gasteiger partial charge is 0.119 e. The summed E-state index contributed by atoms with van der Waals surface area (Å²) < 4.78 is 6.27. The lowest BCUT2D eigenvalue weighted by atomic mass is 9.72. The Morgan fingerprint density at radius 2 is 1.46 bits per heavy atom. The third kappa shape index (κ3) is 3.81. The molecule has 1 aliphatic carbocycles. The Balaban J connectivity index is 1.38. The molecule has 0 amide bonds. The Labute approximate surface area is 158 Å². The minimum absolute atomic E-state index is 0.380. The standard InChI is InChI=1S/C24H31NO/c1-24(2,3)21-8-12-23(13-9-21)26-22-10-6-17(7-11-22)18-4-5-19-15-25-16-20(19)14-18/h4-7,10-11,14,21,23,25H,8-9,12-13,15-16H2,1-3H3/t21-,23-. The van der Waals surface area contributed by atoms with Gasteiger partial charge in [-0.2, -0.15) is 0 Å². The summed E-state index contributed by atoms with van der Waals surface area (Å²) in [6.45, 7) is 9.09. The molecule has 0 unspecified atom stereocenters. The van der Waals surface area contributed by atoms with E-state index in [1.165, 1.54) is 47.9 Å². The number of hydrogen-bond donors (Lipinski definition) is 1. The van der Waals surface area contributed by atoms with Gasteiger partial charge in [0, 0.05) is 13.1 Å². The zero-order valence-corrected chi connectivity index (χ0v) is 16.3. The van der Waals surface area contributed by atoms with E-state index < -0.39 is 0 Å². The molecule has 1 N–H and O–H groups in total. The van der Waals surface area contributed by atoms with E-state index in [9.17, 15) is 0 Å². The fraction of sp³-hybridized carbons (Fsp3) is 0.500. The van der Waals surface area contributed by atoms with Gasteiger partial charge in [-0.1, -0.05) is 45.0 Å². The zero-order valence-electron chi connectivity index (χ0n) is 16.3. The predicted octanol–water partition coefficient (Wildman–Crippen LogP) is 5.94. The van der Waals surface area contributed by atoms with Crippen LogP contribution in [-0.4, -0.2) is 6.10 Å². The lowest BCUT2D eigenvalue weighted by Crippen LogP contribution is -2.30. The molecule has 2 nitrogen and oxygen atoms in total. The van der Waals surface area contributed by atoms with Crippen LogP contribution in [0, 0.1) is 11.3 Å². The number of hydrogen-bond acceptors (Lipinski definition) is 2. The Bertz CT molecular complexity index is 749. The lowest BCUT2D eigenvalue weighted by Gasteiger charge is -2.36. The Morgan fingerprint density at radius 1 is 0.808 bits per heavy atom. The predicted molar refractivity (Wildman–Crippen MR) is 108 cm³/mol. The van der Waals surface area contributed by atoms with Gasteiger partial charge in [0.05, 0.1) is 6.10 Å². The maximum atomic E-state index is 6.27. The zero-order chi connectivity index (χ0) is 18.1. The minimum Gasteiger partial charge on any atom is -0.490 e. The van der Waals surface area contributed by atoms with Gasteiger partial charge in [0.2, 0.25) is 0 Å². The molecule has 2 aliphatic rings. The first-order chi connectivity index (χ1) is 12.5. The minimum atomic E-state index is 0.380. The third-order valence-corrected chi connectivity index (χ3v) is 6.23. The molecule has 0 aromatic heterocycles. The second-order valence-corrected chi connectivity index (χ2v) is 9.07. The Hall–Kier alpha value is -1.80. The summed E-state index contributed by atoms with van der Waals surface area (Å²) in [5.41, 5.74) is 5.85. The second kappa shape index (κ2) is 7.08. The second-order valence-electron chi connectivity index (χ2n) is 9.07. The van der Waals surface area contributed by atoms with Gasteiger partial charge in [-0.05, 0) is 77.5 Å². The topological polar surface area (TPSA) is 21.3 Å². The number of benzene rings is 2. The highest BCUT2D eigenvalue weighted by atomic mass is 16.5. The molecule has 2 aromatic carbocycles. The van der Waals surface area contributed by atoms with E-state index in [0.717, 1.165) is 24.8 Å². The van der Waals surface area contributed by atoms with Crippen LogP contribution in [-0.2, 0) is 13.1 Å². The van der Waals surface area contributed by atoms with Crippen molar-refractivity contribution < 1.29 is 4.74 Å². The van der Waals surface area contributed by atoms with Gasteiger partial charge >= 0.3 is 0 Å². The van der Waals surface area contributed by atoms with E-state index in [0.29, 0.717) is 11.5 Å². The molecule has 2 aromatic rings. The molecule has 2 heteroatoms. The summed E-state index contributed by atoms with van der Waals surface area (Å²) in [7, 11) is 0. The van der Waals surface area contributed by atoms with Crippen LogP contribution in [0.2, 0.25) is 0 Å².